The van der Waals surface area contributed by atoms with E-state index in [1.807, 2.05) is 0 Å². The minimum atomic E-state index is 0.346. The first-order valence-electron chi connectivity index (χ1n) is 7.04. The smallest absolute Gasteiger partial charge is 0.0337 e. The SMILES string of the molecule is CCCCN(CC)C1(CN)CC(C(C)C)C1. The van der Waals surface area contributed by atoms with Gasteiger partial charge in [0, 0.05) is 12.1 Å². The van der Waals surface area contributed by atoms with Crippen molar-refractivity contribution in [2.45, 2.75) is 58.9 Å². The van der Waals surface area contributed by atoms with Gasteiger partial charge in [-0.05, 0) is 44.2 Å². The monoisotopic (exact) mass is 226 g/mol. The van der Waals surface area contributed by atoms with Gasteiger partial charge in [-0.2, -0.15) is 0 Å². The molecule has 1 fully saturated rings. The summed E-state index contributed by atoms with van der Waals surface area (Å²) >= 11 is 0. The summed E-state index contributed by atoms with van der Waals surface area (Å²) in [6.45, 7) is 12.4. The van der Waals surface area contributed by atoms with Crippen molar-refractivity contribution in [3.8, 4) is 0 Å². The van der Waals surface area contributed by atoms with Crippen molar-refractivity contribution in [3.05, 3.63) is 0 Å². The predicted octanol–water partition coefficient (Wildman–Crippen LogP) is 2.87. The molecular formula is C14H30N2. The van der Waals surface area contributed by atoms with E-state index in [4.69, 9.17) is 5.73 Å². The van der Waals surface area contributed by atoms with Crippen molar-refractivity contribution in [1.82, 2.24) is 4.90 Å². The van der Waals surface area contributed by atoms with Gasteiger partial charge < -0.3 is 5.73 Å². The summed E-state index contributed by atoms with van der Waals surface area (Å²) in [5.41, 5.74) is 6.38. The number of hydrogen-bond acceptors (Lipinski definition) is 2. The highest BCUT2D eigenvalue weighted by Crippen LogP contribution is 2.45. The van der Waals surface area contributed by atoms with E-state index in [9.17, 15) is 0 Å². The summed E-state index contributed by atoms with van der Waals surface area (Å²) in [7, 11) is 0. The van der Waals surface area contributed by atoms with Gasteiger partial charge in [0.25, 0.3) is 0 Å². The van der Waals surface area contributed by atoms with Gasteiger partial charge in [0.15, 0.2) is 0 Å². The van der Waals surface area contributed by atoms with Crippen LogP contribution in [0.1, 0.15) is 53.4 Å². The molecule has 0 bridgehead atoms. The highest BCUT2D eigenvalue weighted by molar-refractivity contribution is 5.03. The van der Waals surface area contributed by atoms with E-state index in [2.05, 4.69) is 32.6 Å². The quantitative estimate of drug-likeness (QED) is 0.723. The van der Waals surface area contributed by atoms with E-state index in [-0.39, 0.29) is 0 Å². The maximum absolute atomic E-state index is 6.04. The summed E-state index contributed by atoms with van der Waals surface area (Å²) < 4.78 is 0. The number of rotatable bonds is 7. The third kappa shape index (κ3) is 2.78. The fraction of sp³-hybridized carbons (Fsp3) is 1.00. The third-order valence-electron chi connectivity index (χ3n) is 4.44. The Hall–Kier alpha value is -0.0800. The lowest BCUT2D eigenvalue weighted by molar-refractivity contribution is -0.0329. The van der Waals surface area contributed by atoms with Gasteiger partial charge in [-0.3, -0.25) is 4.90 Å². The molecule has 2 N–H and O–H groups in total. The Labute approximate surface area is 102 Å². The number of nitrogens with zero attached hydrogens (tertiary/aromatic N) is 1. The molecule has 96 valence electrons. The van der Waals surface area contributed by atoms with Gasteiger partial charge in [-0.25, -0.2) is 0 Å². The molecule has 1 aliphatic carbocycles. The van der Waals surface area contributed by atoms with Crippen LogP contribution in [-0.2, 0) is 0 Å². The van der Waals surface area contributed by atoms with Crippen LogP contribution in [-0.4, -0.2) is 30.1 Å². The Bertz CT molecular complexity index is 195. The van der Waals surface area contributed by atoms with Crippen LogP contribution in [0, 0.1) is 11.8 Å². The Morgan fingerprint density at radius 1 is 1.31 bits per heavy atom. The number of unbranched alkanes of at least 4 members (excludes halogenated alkanes) is 1. The Kier molecular flexibility index (Phi) is 5.26. The summed E-state index contributed by atoms with van der Waals surface area (Å²) in [5.74, 6) is 1.73. The summed E-state index contributed by atoms with van der Waals surface area (Å²) in [6, 6.07) is 0. The van der Waals surface area contributed by atoms with Gasteiger partial charge in [0.05, 0.1) is 0 Å². The molecule has 0 amide bonds. The van der Waals surface area contributed by atoms with E-state index < -0.39 is 0 Å². The highest BCUT2D eigenvalue weighted by atomic mass is 15.2. The van der Waals surface area contributed by atoms with Crippen molar-refractivity contribution in [3.63, 3.8) is 0 Å². The lowest BCUT2D eigenvalue weighted by Crippen LogP contribution is -2.62. The molecule has 0 aliphatic heterocycles. The third-order valence-corrected chi connectivity index (χ3v) is 4.44. The van der Waals surface area contributed by atoms with Gasteiger partial charge in [-0.15, -0.1) is 0 Å². The highest BCUT2D eigenvalue weighted by Gasteiger charge is 2.47. The van der Waals surface area contributed by atoms with Crippen LogP contribution in [0.25, 0.3) is 0 Å². The summed E-state index contributed by atoms with van der Waals surface area (Å²) in [6.07, 6.45) is 5.23. The zero-order chi connectivity index (χ0) is 12.2. The molecule has 0 unspecified atom stereocenters. The first-order chi connectivity index (χ1) is 7.59. The largest absolute Gasteiger partial charge is 0.329 e. The lowest BCUT2D eigenvalue weighted by Gasteiger charge is -2.55. The minimum absolute atomic E-state index is 0.346. The van der Waals surface area contributed by atoms with Gasteiger partial charge in [-0.1, -0.05) is 34.1 Å². The van der Waals surface area contributed by atoms with E-state index in [1.54, 1.807) is 0 Å². The molecule has 1 rings (SSSR count). The molecular weight excluding hydrogens is 196 g/mol. The summed E-state index contributed by atoms with van der Waals surface area (Å²) in [5, 5.41) is 0. The number of hydrogen-bond donors (Lipinski definition) is 1. The van der Waals surface area contributed by atoms with Crippen LogP contribution < -0.4 is 5.73 Å². The number of likely N-dealkylation sites (N-methyl/N-ethyl adjacent to an activating group) is 1. The Morgan fingerprint density at radius 3 is 2.31 bits per heavy atom. The molecule has 1 aliphatic rings. The van der Waals surface area contributed by atoms with Gasteiger partial charge in [0.2, 0.25) is 0 Å². The first-order valence-corrected chi connectivity index (χ1v) is 7.04. The average molecular weight is 226 g/mol. The molecule has 0 saturated heterocycles. The van der Waals surface area contributed by atoms with Crippen LogP contribution in [0.3, 0.4) is 0 Å². The molecule has 0 atom stereocenters. The maximum atomic E-state index is 6.04. The van der Waals surface area contributed by atoms with E-state index in [0.29, 0.717) is 5.54 Å². The van der Waals surface area contributed by atoms with Crippen LogP contribution in [0.15, 0.2) is 0 Å². The van der Waals surface area contributed by atoms with Crippen molar-refractivity contribution in [1.29, 1.82) is 0 Å². The molecule has 16 heavy (non-hydrogen) atoms. The summed E-state index contributed by atoms with van der Waals surface area (Å²) in [4.78, 5) is 2.63. The second-order valence-electron chi connectivity index (χ2n) is 5.77. The zero-order valence-electron chi connectivity index (χ0n) is 11.6. The number of nitrogens with two attached hydrogens (primary N) is 1. The van der Waals surface area contributed by atoms with Gasteiger partial charge >= 0.3 is 0 Å². The topological polar surface area (TPSA) is 29.3 Å². The molecule has 1 saturated carbocycles. The molecule has 2 heteroatoms. The molecule has 0 aromatic heterocycles. The lowest BCUT2D eigenvalue weighted by atomic mass is 9.63. The van der Waals surface area contributed by atoms with E-state index >= 15 is 0 Å². The van der Waals surface area contributed by atoms with Crippen LogP contribution in [0.4, 0.5) is 0 Å². The normalized spacial score (nSPS) is 29.8. The van der Waals surface area contributed by atoms with E-state index in [0.717, 1.165) is 24.9 Å². The van der Waals surface area contributed by atoms with Crippen molar-refractivity contribution in [2.24, 2.45) is 17.6 Å². The van der Waals surface area contributed by atoms with Crippen molar-refractivity contribution < 1.29 is 0 Å². The molecule has 2 nitrogen and oxygen atoms in total. The van der Waals surface area contributed by atoms with E-state index in [1.165, 1.54) is 32.2 Å². The Balaban J connectivity index is 2.52. The molecule has 0 heterocycles. The van der Waals surface area contributed by atoms with Crippen molar-refractivity contribution in [2.75, 3.05) is 19.6 Å². The second-order valence-corrected chi connectivity index (χ2v) is 5.77. The molecule has 0 spiro atoms. The zero-order valence-corrected chi connectivity index (χ0v) is 11.6. The first kappa shape index (κ1) is 14.0. The molecule has 0 radical (unpaired) electrons. The van der Waals surface area contributed by atoms with Crippen LogP contribution in [0.2, 0.25) is 0 Å². The van der Waals surface area contributed by atoms with Crippen LogP contribution >= 0.6 is 0 Å². The van der Waals surface area contributed by atoms with Crippen LogP contribution in [0.5, 0.6) is 0 Å². The van der Waals surface area contributed by atoms with Crippen molar-refractivity contribution >= 4 is 0 Å². The fourth-order valence-electron chi connectivity index (χ4n) is 3.02. The Morgan fingerprint density at radius 2 is 1.94 bits per heavy atom. The maximum Gasteiger partial charge on any atom is 0.0337 e. The molecule has 0 aromatic rings. The second kappa shape index (κ2) is 6.02. The fourth-order valence-corrected chi connectivity index (χ4v) is 3.02. The van der Waals surface area contributed by atoms with Gasteiger partial charge in [0.1, 0.15) is 0 Å². The standard InChI is InChI=1S/C14H30N2/c1-5-7-8-16(6-2)14(11-15)9-13(10-14)12(3)4/h12-13H,5-11,15H2,1-4H3. The minimum Gasteiger partial charge on any atom is -0.329 e. The average Bonchev–Trinajstić information content (AvgIpc) is 2.21. The molecule has 0 aromatic carbocycles. The predicted molar refractivity (Wildman–Crippen MR) is 71.5 cm³/mol.